The fourth-order valence-electron chi connectivity index (χ4n) is 2.23. The van der Waals surface area contributed by atoms with Gasteiger partial charge in [-0.25, -0.2) is 4.39 Å². The van der Waals surface area contributed by atoms with Crippen molar-refractivity contribution in [2.24, 2.45) is 0 Å². The maximum atomic E-state index is 13.3. The third kappa shape index (κ3) is 1.58. The topological polar surface area (TPSA) is 32.7 Å². The molecule has 0 aromatic heterocycles. The Kier molecular flexibility index (Phi) is 2.86. The molecule has 0 amide bonds. The van der Waals surface area contributed by atoms with Gasteiger partial charge in [0.15, 0.2) is 0 Å². The highest BCUT2D eigenvalue weighted by atomic mass is 19.1. The van der Waals surface area contributed by atoms with Crippen molar-refractivity contribution in [3.05, 3.63) is 29.6 Å². The molecule has 0 spiro atoms. The number of rotatable bonds is 2. The van der Waals surface area contributed by atoms with E-state index in [0.717, 1.165) is 5.56 Å². The molecule has 2 rings (SSSR count). The van der Waals surface area contributed by atoms with Crippen LogP contribution in [0.15, 0.2) is 18.2 Å². The van der Waals surface area contributed by atoms with Gasteiger partial charge in [-0.2, -0.15) is 0 Å². The van der Waals surface area contributed by atoms with E-state index in [9.17, 15) is 9.50 Å². The van der Waals surface area contributed by atoms with Crippen molar-refractivity contribution in [2.75, 3.05) is 27.3 Å². The zero-order chi connectivity index (χ0) is 11.8. The van der Waals surface area contributed by atoms with Crippen molar-refractivity contribution in [3.8, 4) is 5.75 Å². The minimum atomic E-state index is -0.532. The molecule has 88 valence electrons. The summed E-state index contributed by atoms with van der Waals surface area (Å²) in [6.45, 7) is 0.497. The lowest BCUT2D eigenvalue weighted by atomic mass is 9.84. The van der Waals surface area contributed by atoms with Gasteiger partial charge in [0.1, 0.15) is 11.6 Å². The second-order valence-corrected chi connectivity index (χ2v) is 4.32. The lowest BCUT2D eigenvalue weighted by molar-refractivity contribution is 0.0280. The molecule has 1 heterocycles. The number of ether oxygens (including phenoxy) is 1. The Morgan fingerprint density at radius 2 is 2.25 bits per heavy atom. The van der Waals surface area contributed by atoms with Crippen LogP contribution >= 0.6 is 0 Å². The molecule has 0 radical (unpaired) electrons. The van der Waals surface area contributed by atoms with Crippen molar-refractivity contribution >= 4 is 0 Å². The normalized spacial score (nSPS) is 24.1. The number of benzene rings is 1. The van der Waals surface area contributed by atoms with Crippen LogP contribution in [0.5, 0.6) is 5.75 Å². The van der Waals surface area contributed by atoms with Crippen LogP contribution in [0.4, 0.5) is 4.39 Å². The van der Waals surface area contributed by atoms with Crippen LogP contribution in [0.2, 0.25) is 0 Å². The number of hydrogen-bond donors (Lipinski definition) is 1. The summed E-state index contributed by atoms with van der Waals surface area (Å²) in [5.74, 6) is 0.360. The Bertz CT molecular complexity index is 395. The summed E-state index contributed by atoms with van der Waals surface area (Å²) < 4.78 is 18.8. The van der Waals surface area contributed by atoms with Crippen LogP contribution in [0.25, 0.3) is 0 Å². The first-order valence-corrected chi connectivity index (χ1v) is 5.31. The van der Waals surface area contributed by atoms with Gasteiger partial charge in [-0.1, -0.05) is 0 Å². The van der Waals surface area contributed by atoms with Crippen LogP contribution in [0.1, 0.15) is 12.0 Å². The van der Waals surface area contributed by atoms with Crippen molar-refractivity contribution < 1.29 is 14.2 Å². The molecule has 1 N–H and O–H groups in total. The molecule has 4 heteroatoms. The number of halogens is 1. The molecule has 1 aromatic rings. The predicted octanol–water partition coefficient (Wildman–Crippen LogP) is 1.36. The third-order valence-electron chi connectivity index (χ3n) is 3.33. The van der Waals surface area contributed by atoms with E-state index < -0.39 is 5.54 Å². The van der Waals surface area contributed by atoms with E-state index in [-0.39, 0.29) is 12.4 Å². The summed E-state index contributed by atoms with van der Waals surface area (Å²) in [4.78, 5) is 1.92. The van der Waals surface area contributed by atoms with Crippen molar-refractivity contribution in [3.63, 3.8) is 0 Å². The summed E-state index contributed by atoms with van der Waals surface area (Å²) in [5.41, 5.74) is 0.196. The highest BCUT2D eigenvalue weighted by Crippen LogP contribution is 2.40. The first-order valence-electron chi connectivity index (χ1n) is 5.31. The van der Waals surface area contributed by atoms with Crippen LogP contribution in [0.3, 0.4) is 0 Å². The second-order valence-electron chi connectivity index (χ2n) is 4.32. The smallest absolute Gasteiger partial charge is 0.124 e. The SMILES string of the molecule is CN(C)C1(CO)CCOc2ccc(F)cc21. The van der Waals surface area contributed by atoms with Gasteiger partial charge in [0.2, 0.25) is 0 Å². The van der Waals surface area contributed by atoms with Crippen molar-refractivity contribution in [1.29, 1.82) is 0 Å². The monoisotopic (exact) mass is 225 g/mol. The van der Waals surface area contributed by atoms with Crippen LogP contribution in [0, 0.1) is 5.82 Å². The molecule has 1 aromatic carbocycles. The van der Waals surface area contributed by atoms with Gasteiger partial charge >= 0.3 is 0 Å². The average Bonchev–Trinajstić information content (AvgIpc) is 2.27. The predicted molar refractivity (Wildman–Crippen MR) is 59.0 cm³/mol. The molecule has 1 unspecified atom stereocenters. The molecule has 0 saturated carbocycles. The van der Waals surface area contributed by atoms with E-state index in [1.54, 1.807) is 6.07 Å². The number of nitrogens with zero attached hydrogens (tertiary/aromatic N) is 1. The van der Waals surface area contributed by atoms with E-state index in [1.807, 2.05) is 19.0 Å². The maximum Gasteiger partial charge on any atom is 0.124 e. The summed E-state index contributed by atoms with van der Waals surface area (Å²) in [6.07, 6.45) is 0.660. The van der Waals surface area contributed by atoms with Gasteiger partial charge < -0.3 is 9.84 Å². The molecule has 0 aliphatic carbocycles. The van der Waals surface area contributed by atoms with E-state index in [4.69, 9.17) is 4.74 Å². The first-order chi connectivity index (χ1) is 7.60. The summed E-state index contributed by atoms with van der Waals surface area (Å²) in [5, 5.41) is 9.63. The number of hydrogen-bond acceptors (Lipinski definition) is 3. The summed E-state index contributed by atoms with van der Waals surface area (Å²) in [7, 11) is 3.77. The molecule has 0 fully saturated rings. The molecule has 1 aliphatic heterocycles. The number of fused-ring (bicyclic) bond motifs is 1. The fourth-order valence-corrected chi connectivity index (χ4v) is 2.23. The summed E-state index contributed by atoms with van der Waals surface area (Å²) >= 11 is 0. The average molecular weight is 225 g/mol. The van der Waals surface area contributed by atoms with Gasteiger partial charge in [0, 0.05) is 12.0 Å². The highest BCUT2D eigenvalue weighted by molar-refractivity contribution is 5.41. The van der Waals surface area contributed by atoms with Crippen molar-refractivity contribution in [2.45, 2.75) is 12.0 Å². The maximum absolute atomic E-state index is 13.3. The molecule has 16 heavy (non-hydrogen) atoms. The minimum Gasteiger partial charge on any atom is -0.493 e. The molecule has 1 aliphatic rings. The van der Waals surface area contributed by atoms with E-state index >= 15 is 0 Å². The molecular formula is C12H16FNO2. The fraction of sp³-hybridized carbons (Fsp3) is 0.500. The lowest BCUT2D eigenvalue weighted by Gasteiger charge is -2.42. The van der Waals surface area contributed by atoms with Gasteiger partial charge in [0.05, 0.1) is 18.8 Å². The molecule has 0 saturated heterocycles. The quantitative estimate of drug-likeness (QED) is 0.825. The highest BCUT2D eigenvalue weighted by Gasteiger charge is 2.39. The third-order valence-corrected chi connectivity index (χ3v) is 3.33. The van der Waals surface area contributed by atoms with Crippen LogP contribution < -0.4 is 4.74 Å². The second kappa shape index (κ2) is 4.03. The van der Waals surface area contributed by atoms with Crippen molar-refractivity contribution in [1.82, 2.24) is 4.90 Å². The van der Waals surface area contributed by atoms with Gasteiger partial charge in [-0.05, 0) is 32.3 Å². The zero-order valence-electron chi connectivity index (χ0n) is 9.53. The van der Waals surface area contributed by atoms with E-state index in [1.165, 1.54) is 12.1 Å². The lowest BCUT2D eigenvalue weighted by Crippen LogP contribution is -2.48. The molecule has 3 nitrogen and oxygen atoms in total. The molecular weight excluding hydrogens is 209 g/mol. The Morgan fingerprint density at radius 1 is 1.50 bits per heavy atom. The summed E-state index contributed by atoms with van der Waals surface area (Å²) in [6, 6.07) is 4.45. The standard InChI is InChI=1S/C12H16FNO2/c1-14(2)12(8-15)5-6-16-11-4-3-9(13)7-10(11)12/h3-4,7,15H,5-6,8H2,1-2H3. The van der Waals surface area contributed by atoms with Crippen LogP contribution in [-0.2, 0) is 5.54 Å². The largest absolute Gasteiger partial charge is 0.493 e. The molecule has 1 atom stereocenters. The zero-order valence-corrected chi connectivity index (χ0v) is 9.53. The van der Waals surface area contributed by atoms with E-state index in [2.05, 4.69) is 0 Å². The molecule has 0 bridgehead atoms. The van der Waals surface area contributed by atoms with E-state index in [0.29, 0.717) is 18.8 Å². The Balaban J connectivity index is 2.56. The minimum absolute atomic E-state index is 0.0419. The Hall–Kier alpha value is -1.13. The number of aliphatic hydroxyl groups excluding tert-OH is 1. The Labute approximate surface area is 94.4 Å². The van der Waals surface area contributed by atoms with Gasteiger partial charge in [-0.3, -0.25) is 4.90 Å². The van der Waals surface area contributed by atoms with Gasteiger partial charge in [0.25, 0.3) is 0 Å². The first kappa shape index (κ1) is 11.4. The van der Waals surface area contributed by atoms with Gasteiger partial charge in [-0.15, -0.1) is 0 Å². The van der Waals surface area contributed by atoms with Crippen LogP contribution in [-0.4, -0.2) is 37.3 Å². The number of likely N-dealkylation sites (N-methyl/N-ethyl adjacent to an activating group) is 1. The number of aliphatic hydroxyl groups is 1. The Morgan fingerprint density at radius 3 is 2.88 bits per heavy atom.